The van der Waals surface area contributed by atoms with E-state index in [0.29, 0.717) is 18.0 Å². The summed E-state index contributed by atoms with van der Waals surface area (Å²) in [5.74, 6) is 1.16. The van der Waals surface area contributed by atoms with Gasteiger partial charge in [-0.25, -0.2) is 4.98 Å². The Balaban J connectivity index is 1.64. The number of ether oxygens (including phenoxy) is 2. The van der Waals surface area contributed by atoms with Gasteiger partial charge in [0.1, 0.15) is 23.6 Å². The molecule has 1 aliphatic rings. The predicted molar refractivity (Wildman–Crippen MR) is 106 cm³/mol. The molecule has 1 aliphatic heterocycles. The fourth-order valence-corrected chi connectivity index (χ4v) is 3.37. The molecule has 4 rings (SSSR count). The SMILES string of the molecule is COc1ccc(-n2cnc3c2NC(=O)C[C@@H]3c2ccc(OCC(N)=O)cc2)cc1. The molecule has 0 saturated carbocycles. The number of fused-ring (bicyclic) bond motifs is 1. The zero-order chi connectivity index (χ0) is 20.4. The molecule has 8 heteroatoms. The summed E-state index contributed by atoms with van der Waals surface area (Å²) in [5, 5.41) is 2.93. The highest BCUT2D eigenvalue weighted by Gasteiger charge is 2.31. The van der Waals surface area contributed by atoms with Crippen LogP contribution >= 0.6 is 0 Å². The van der Waals surface area contributed by atoms with Gasteiger partial charge in [-0.1, -0.05) is 12.1 Å². The largest absolute Gasteiger partial charge is 0.497 e. The highest BCUT2D eigenvalue weighted by atomic mass is 16.5. The van der Waals surface area contributed by atoms with Crippen molar-refractivity contribution in [2.45, 2.75) is 12.3 Å². The number of nitrogens with two attached hydrogens (primary N) is 1. The second kappa shape index (κ2) is 7.67. The van der Waals surface area contributed by atoms with Crippen molar-refractivity contribution in [1.82, 2.24) is 9.55 Å². The molecular formula is C21H20N4O4. The number of methoxy groups -OCH3 is 1. The molecule has 8 nitrogen and oxygen atoms in total. The van der Waals surface area contributed by atoms with Crippen molar-refractivity contribution in [1.29, 1.82) is 0 Å². The summed E-state index contributed by atoms with van der Waals surface area (Å²) in [7, 11) is 1.61. The predicted octanol–water partition coefficient (Wildman–Crippen LogP) is 2.22. The lowest BCUT2D eigenvalue weighted by Gasteiger charge is -2.23. The first-order valence-corrected chi connectivity index (χ1v) is 9.07. The van der Waals surface area contributed by atoms with E-state index in [1.54, 1.807) is 25.6 Å². The van der Waals surface area contributed by atoms with E-state index in [-0.39, 0.29) is 18.4 Å². The number of benzene rings is 2. The van der Waals surface area contributed by atoms with Crippen molar-refractivity contribution < 1.29 is 19.1 Å². The molecule has 29 heavy (non-hydrogen) atoms. The minimum Gasteiger partial charge on any atom is -0.497 e. The molecule has 0 aliphatic carbocycles. The van der Waals surface area contributed by atoms with Crippen LogP contribution in [0.4, 0.5) is 5.82 Å². The van der Waals surface area contributed by atoms with Gasteiger partial charge in [-0.05, 0) is 42.0 Å². The standard InChI is InChI=1S/C21H20N4O4/c1-28-15-8-4-14(5-9-15)25-12-23-20-17(10-19(27)24-21(20)25)13-2-6-16(7-3-13)29-11-18(22)26/h2-9,12,17H,10-11H2,1H3,(H2,22,26)(H,24,27)/t17-/m1/s1. The number of nitrogens with zero attached hydrogens (tertiary/aromatic N) is 2. The van der Waals surface area contributed by atoms with Gasteiger partial charge in [-0.15, -0.1) is 0 Å². The van der Waals surface area contributed by atoms with Gasteiger partial charge in [-0.3, -0.25) is 14.2 Å². The summed E-state index contributed by atoms with van der Waals surface area (Å²) in [5.41, 5.74) is 7.70. The Bertz CT molecular complexity index is 1040. The molecule has 2 amide bonds. The Morgan fingerprint density at radius 3 is 2.52 bits per heavy atom. The number of hydrogen-bond donors (Lipinski definition) is 2. The second-order valence-corrected chi connectivity index (χ2v) is 6.68. The summed E-state index contributed by atoms with van der Waals surface area (Å²) in [6.45, 7) is -0.179. The minimum absolute atomic E-state index is 0.0770. The zero-order valence-corrected chi connectivity index (χ0v) is 15.8. The number of aromatic nitrogens is 2. The molecule has 2 heterocycles. The van der Waals surface area contributed by atoms with Crippen LogP contribution in [0.2, 0.25) is 0 Å². The average molecular weight is 392 g/mol. The summed E-state index contributed by atoms with van der Waals surface area (Å²) in [4.78, 5) is 27.8. The van der Waals surface area contributed by atoms with Crippen LogP contribution in [0.15, 0.2) is 54.9 Å². The highest BCUT2D eigenvalue weighted by Crippen LogP contribution is 2.37. The van der Waals surface area contributed by atoms with Crippen LogP contribution in [0.1, 0.15) is 23.6 Å². The fourth-order valence-electron chi connectivity index (χ4n) is 3.37. The van der Waals surface area contributed by atoms with Crippen LogP contribution < -0.4 is 20.5 Å². The maximum atomic E-state index is 12.4. The van der Waals surface area contributed by atoms with Gasteiger partial charge in [0.25, 0.3) is 5.91 Å². The van der Waals surface area contributed by atoms with Crippen LogP contribution in [-0.2, 0) is 9.59 Å². The Kier molecular flexibility index (Phi) is 4.90. The van der Waals surface area contributed by atoms with Gasteiger partial charge in [-0.2, -0.15) is 0 Å². The maximum Gasteiger partial charge on any atom is 0.255 e. The number of imidazole rings is 1. The highest BCUT2D eigenvalue weighted by molar-refractivity contribution is 5.94. The molecular weight excluding hydrogens is 372 g/mol. The molecule has 0 unspecified atom stereocenters. The first kappa shape index (κ1) is 18.5. The van der Waals surface area contributed by atoms with E-state index in [9.17, 15) is 9.59 Å². The van der Waals surface area contributed by atoms with Gasteiger partial charge in [0, 0.05) is 18.0 Å². The first-order valence-electron chi connectivity index (χ1n) is 9.07. The molecule has 1 aromatic heterocycles. The molecule has 3 N–H and O–H groups in total. The third-order valence-electron chi connectivity index (χ3n) is 4.79. The van der Waals surface area contributed by atoms with E-state index in [1.807, 2.05) is 41.0 Å². The summed E-state index contributed by atoms with van der Waals surface area (Å²) < 4.78 is 12.3. The zero-order valence-electron chi connectivity index (χ0n) is 15.8. The Morgan fingerprint density at radius 1 is 1.17 bits per heavy atom. The van der Waals surface area contributed by atoms with Gasteiger partial charge < -0.3 is 20.5 Å². The van der Waals surface area contributed by atoms with Crippen LogP contribution in [0, 0.1) is 0 Å². The molecule has 0 spiro atoms. The van der Waals surface area contributed by atoms with Crippen LogP contribution in [0.25, 0.3) is 5.69 Å². The monoisotopic (exact) mass is 392 g/mol. The Labute approximate surface area is 167 Å². The van der Waals surface area contributed by atoms with Gasteiger partial charge >= 0.3 is 0 Å². The lowest BCUT2D eigenvalue weighted by atomic mass is 9.90. The van der Waals surface area contributed by atoms with Crippen molar-refractivity contribution >= 4 is 17.6 Å². The normalized spacial score (nSPS) is 15.3. The number of carbonyl (C=O) groups excluding carboxylic acids is 2. The van der Waals surface area contributed by atoms with Gasteiger partial charge in [0.2, 0.25) is 5.91 Å². The second-order valence-electron chi connectivity index (χ2n) is 6.68. The van der Waals surface area contributed by atoms with E-state index in [0.717, 1.165) is 22.7 Å². The van der Waals surface area contributed by atoms with E-state index >= 15 is 0 Å². The molecule has 2 aromatic carbocycles. The Morgan fingerprint density at radius 2 is 1.86 bits per heavy atom. The van der Waals surface area contributed by atoms with Crippen molar-refractivity contribution in [3.05, 3.63) is 66.1 Å². The molecule has 0 bridgehead atoms. The third-order valence-corrected chi connectivity index (χ3v) is 4.79. The summed E-state index contributed by atoms with van der Waals surface area (Å²) in [6, 6.07) is 14.8. The lowest BCUT2D eigenvalue weighted by molar-refractivity contribution is -0.120. The first-order chi connectivity index (χ1) is 14.0. The van der Waals surface area contributed by atoms with Crippen molar-refractivity contribution in [3.63, 3.8) is 0 Å². The topological polar surface area (TPSA) is 108 Å². The molecule has 0 fully saturated rings. The quantitative estimate of drug-likeness (QED) is 0.669. The van der Waals surface area contributed by atoms with E-state index < -0.39 is 5.91 Å². The molecule has 1 atom stereocenters. The maximum absolute atomic E-state index is 12.4. The van der Waals surface area contributed by atoms with Crippen molar-refractivity contribution in [3.8, 4) is 17.2 Å². The smallest absolute Gasteiger partial charge is 0.255 e. The van der Waals surface area contributed by atoms with Crippen molar-refractivity contribution in [2.24, 2.45) is 5.73 Å². The fraction of sp³-hybridized carbons (Fsp3) is 0.190. The summed E-state index contributed by atoms with van der Waals surface area (Å²) >= 11 is 0. The van der Waals surface area contributed by atoms with E-state index in [2.05, 4.69) is 10.3 Å². The van der Waals surface area contributed by atoms with E-state index in [4.69, 9.17) is 15.2 Å². The van der Waals surface area contributed by atoms with Gasteiger partial charge in [0.15, 0.2) is 6.61 Å². The number of anilines is 1. The van der Waals surface area contributed by atoms with Crippen LogP contribution in [-0.4, -0.2) is 35.1 Å². The summed E-state index contributed by atoms with van der Waals surface area (Å²) in [6.07, 6.45) is 2.00. The number of primary amides is 1. The third kappa shape index (κ3) is 3.77. The van der Waals surface area contributed by atoms with Crippen LogP contribution in [0.5, 0.6) is 11.5 Å². The van der Waals surface area contributed by atoms with Crippen LogP contribution in [0.3, 0.4) is 0 Å². The molecule has 3 aromatic rings. The number of rotatable bonds is 6. The minimum atomic E-state index is -0.535. The van der Waals surface area contributed by atoms with Gasteiger partial charge in [0.05, 0.1) is 12.8 Å². The lowest BCUT2D eigenvalue weighted by Crippen LogP contribution is -2.25. The molecule has 148 valence electrons. The number of nitrogens with one attached hydrogen (secondary N) is 1. The number of hydrogen-bond acceptors (Lipinski definition) is 5. The van der Waals surface area contributed by atoms with E-state index in [1.165, 1.54) is 0 Å². The average Bonchev–Trinajstić information content (AvgIpc) is 3.16. The molecule has 0 saturated heterocycles. The Hall–Kier alpha value is -3.81. The number of amides is 2. The molecule has 0 radical (unpaired) electrons. The van der Waals surface area contributed by atoms with Crippen molar-refractivity contribution in [2.75, 3.05) is 19.0 Å². The number of carbonyl (C=O) groups is 2.